The van der Waals surface area contributed by atoms with Crippen LogP contribution in [0.3, 0.4) is 0 Å². The van der Waals surface area contributed by atoms with Gasteiger partial charge in [0.25, 0.3) is 17.7 Å². The van der Waals surface area contributed by atoms with Gasteiger partial charge >= 0.3 is 12.1 Å². The lowest BCUT2D eigenvalue weighted by atomic mass is 9.69. The van der Waals surface area contributed by atoms with Crippen molar-refractivity contribution in [2.45, 2.75) is 124 Å². The van der Waals surface area contributed by atoms with Gasteiger partial charge in [-0.05, 0) is 165 Å². The standard InChI is InChI=1S/C28H34FN3O2.C26H29FN2O3.CO2/c1-5-30-25(33)21-8-6-19(7-9-21)18-32-26(34)24(20-10-12-23(29)13-11-20)31-28(32)16-14-22(15-17-28)27(2,3)4;1-25(2,3)20-12-14-26(15-13-20)28-22(18-8-10-21(27)11-9-18)23(30)29(26)16-17-4-6-19(7-5-17)24(31)32;2-1-3/h6-13,22H,5,14-18H2,1-4H3,(H,30,33);4-11,20H,12-16H2,1-3H3,(H,31,32);. The van der Waals surface area contributed by atoms with Crippen molar-refractivity contribution in [3.8, 4) is 0 Å². The fourth-order valence-corrected chi connectivity index (χ4v) is 10.1. The summed E-state index contributed by atoms with van der Waals surface area (Å²) in [5.74, 6) is -0.907. The van der Waals surface area contributed by atoms with Gasteiger partial charge in [0.15, 0.2) is 0 Å². The fourth-order valence-electron chi connectivity index (χ4n) is 10.1. The van der Waals surface area contributed by atoms with Gasteiger partial charge in [-0.1, -0.05) is 65.8 Å². The normalized spacial score (nSPS) is 22.2. The van der Waals surface area contributed by atoms with E-state index in [2.05, 4.69) is 46.9 Å². The lowest BCUT2D eigenvalue weighted by molar-refractivity contribution is -0.191. The Morgan fingerprint density at radius 1 is 0.623 bits per heavy atom. The lowest BCUT2D eigenvalue weighted by Gasteiger charge is -2.45. The van der Waals surface area contributed by atoms with Crippen LogP contribution in [0.4, 0.5) is 8.78 Å². The van der Waals surface area contributed by atoms with Crippen LogP contribution in [-0.2, 0) is 32.3 Å². The van der Waals surface area contributed by atoms with Crippen molar-refractivity contribution in [3.63, 3.8) is 0 Å². The first-order valence-corrected chi connectivity index (χ1v) is 23.7. The summed E-state index contributed by atoms with van der Waals surface area (Å²) >= 11 is 0. The number of aliphatic imine (C=N–C) groups is 2. The highest BCUT2D eigenvalue weighted by Crippen LogP contribution is 2.48. The van der Waals surface area contributed by atoms with Gasteiger partial charge in [0, 0.05) is 36.3 Å². The van der Waals surface area contributed by atoms with Crippen LogP contribution in [0.25, 0.3) is 0 Å². The number of halogens is 2. The maximum absolute atomic E-state index is 13.6. The van der Waals surface area contributed by atoms with Crippen molar-refractivity contribution in [1.29, 1.82) is 0 Å². The van der Waals surface area contributed by atoms with Gasteiger partial charge in [0.2, 0.25) is 0 Å². The molecule has 2 spiro atoms. The number of hydrogen-bond donors (Lipinski definition) is 2. The van der Waals surface area contributed by atoms with Gasteiger partial charge in [-0.3, -0.25) is 24.4 Å². The van der Waals surface area contributed by atoms with Crippen LogP contribution < -0.4 is 5.32 Å². The second-order valence-electron chi connectivity index (χ2n) is 20.6. The first-order chi connectivity index (χ1) is 32.6. The summed E-state index contributed by atoms with van der Waals surface area (Å²) in [4.78, 5) is 80.4. The van der Waals surface area contributed by atoms with E-state index in [-0.39, 0.29) is 51.9 Å². The van der Waals surface area contributed by atoms with Gasteiger partial charge in [0.1, 0.15) is 34.4 Å². The molecule has 0 atom stereocenters. The topological polar surface area (TPSA) is 166 Å². The van der Waals surface area contributed by atoms with Crippen LogP contribution in [0.1, 0.15) is 143 Å². The lowest BCUT2D eigenvalue weighted by Crippen LogP contribution is -2.49. The fraction of sp³-hybridized carbons (Fsp3) is 0.436. The van der Waals surface area contributed by atoms with Crippen molar-refractivity contribution >= 4 is 41.3 Å². The van der Waals surface area contributed by atoms with Crippen molar-refractivity contribution in [2.75, 3.05) is 6.54 Å². The van der Waals surface area contributed by atoms with Crippen molar-refractivity contribution < 1.29 is 42.7 Å². The van der Waals surface area contributed by atoms with E-state index in [9.17, 15) is 28.0 Å². The summed E-state index contributed by atoms with van der Waals surface area (Å²) < 4.78 is 27.0. The van der Waals surface area contributed by atoms with Crippen molar-refractivity contribution in [1.82, 2.24) is 15.1 Å². The minimum Gasteiger partial charge on any atom is -0.478 e. The Bertz CT molecular complexity index is 2570. The Morgan fingerprint density at radius 3 is 1.26 bits per heavy atom. The predicted octanol–water partition coefficient (Wildman–Crippen LogP) is 10.0. The molecule has 8 rings (SSSR count). The zero-order valence-corrected chi connectivity index (χ0v) is 40.6. The van der Waals surface area contributed by atoms with Crippen molar-refractivity contribution in [3.05, 3.63) is 142 Å². The first kappa shape index (κ1) is 51.7. The number of nitrogens with zero attached hydrogens (tertiary/aromatic N) is 4. The summed E-state index contributed by atoms with van der Waals surface area (Å²) in [5.41, 5.74) is 3.90. The van der Waals surface area contributed by atoms with E-state index in [1.807, 2.05) is 28.9 Å². The molecule has 3 amide bonds. The minimum absolute atomic E-state index is 0.106. The van der Waals surface area contributed by atoms with E-state index in [1.54, 1.807) is 60.7 Å². The Morgan fingerprint density at radius 2 is 0.957 bits per heavy atom. The van der Waals surface area contributed by atoms with Gasteiger partial charge < -0.3 is 20.2 Å². The molecule has 0 radical (unpaired) electrons. The summed E-state index contributed by atoms with van der Waals surface area (Å²) in [6.45, 7) is 16.8. The largest absolute Gasteiger partial charge is 0.478 e. The molecular weight excluding hydrogens is 881 g/mol. The molecule has 4 aromatic carbocycles. The summed E-state index contributed by atoms with van der Waals surface area (Å²) in [7, 11) is 0. The van der Waals surface area contributed by atoms with Crippen LogP contribution >= 0.6 is 0 Å². The van der Waals surface area contributed by atoms with E-state index < -0.39 is 17.3 Å². The van der Waals surface area contributed by atoms with Crippen LogP contribution in [0.15, 0.2) is 107 Å². The molecule has 4 aromatic rings. The minimum atomic E-state index is -0.979. The molecule has 0 saturated heterocycles. The smallest absolute Gasteiger partial charge is 0.373 e. The molecule has 2 heterocycles. The Balaban J connectivity index is 0.000000215. The van der Waals surface area contributed by atoms with Gasteiger partial charge in [0.05, 0.1) is 5.56 Å². The molecule has 2 saturated carbocycles. The number of carboxylic acids is 1. The summed E-state index contributed by atoms with van der Waals surface area (Å²) in [6.07, 6.45) is 7.38. The number of nitrogens with one attached hydrogen (secondary N) is 1. The highest BCUT2D eigenvalue weighted by molar-refractivity contribution is 6.47. The third-order valence-corrected chi connectivity index (χ3v) is 14.2. The quantitative estimate of drug-likeness (QED) is 0.169. The molecule has 12 nitrogen and oxygen atoms in total. The SMILES string of the molecule is CC(C)(C)C1CCC2(CC1)N=C(c1ccc(F)cc1)C(=O)N2Cc1ccc(C(=O)O)cc1.CCNC(=O)c1ccc(CN2C(=O)C(c3ccc(F)cc3)=NC23CCC(C(C)(C)C)CC3)cc1.O=C=O. The number of carbonyl (C=O) groups excluding carboxylic acids is 5. The van der Waals surface area contributed by atoms with E-state index in [4.69, 9.17) is 24.7 Å². The second kappa shape index (κ2) is 21.3. The maximum atomic E-state index is 13.6. The van der Waals surface area contributed by atoms with Crippen LogP contribution in [0, 0.1) is 34.3 Å². The molecule has 2 N–H and O–H groups in total. The van der Waals surface area contributed by atoms with Crippen LogP contribution in [0.5, 0.6) is 0 Å². The molecule has 0 unspecified atom stereocenters. The first-order valence-electron chi connectivity index (χ1n) is 23.7. The van der Waals surface area contributed by atoms with Crippen LogP contribution in [-0.4, -0.2) is 74.0 Å². The molecule has 364 valence electrons. The third-order valence-electron chi connectivity index (χ3n) is 14.2. The molecular formula is C55H63F2N5O7. The number of benzene rings is 4. The highest BCUT2D eigenvalue weighted by Gasteiger charge is 2.51. The van der Waals surface area contributed by atoms with E-state index in [0.717, 1.165) is 62.5 Å². The Labute approximate surface area is 403 Å². The van der Waals surface area contributed by atoms with E-state index >= 15 is 0 Å². The highest BCUT2D eigenvalue weighted by atomic mass is 19.1. The Hall–Kier alpha value is -6.66. The molecule has 2 aliphatic carbocycles. The van der Waals surface area contributed by atoms with Crippen LogP contribution in [0.2, 0.25) is 0 Å². The second-order valence-corrected chi connectivity index (χ2v) is 20.6. The maximum Gasteiger partial charge on any atom is 0.373 e. The molecule has 69 heavy (non-hydrogen) atoms. The molecule has 4 aliphatic rings. The Kier molecular flexibility index (Phi) is 16.0. The number of rotatable bonds is 9. The molecule has 0 bridgehead atoms. The van der Waals surface area contributed by atoms with Gasteiger partial charge in [-0.15, -0.1) is 0 Å². The summed E-state index contributed by atoms with van der Waals surface area (Å²) in [6, 6.07) is 25.9. The molecule has 2 aliphatic heterocycles. The number of carboxylic acid groups (broad SMARTS) is 1. The van der Waals surface area contributed by atoms with E-state index in [1.165, 1.54) is 24.3 Å². The van der Waals surface area contributed by atoms with Gasteiger partial charge in [-0.2, -0.15) is 9.59 Å². The zero-order chi connectivity index (χ0) is 50.3. The van der Waals surface area contributed by atoms with Crippen molar-refractivity contribution in [2.24, 2.45) is 32.7 Å². The number of carbonyl (C=O) groups is 4. The summed E-state index contributed by atoms with van der Waals surface area (Å²) in [5, 5.41) is 12.0. The average molecular weight is 944 g/mol. The third kappa shape index (κ3) is 12.0. The predicted molar refractivity (Wildman–Crippen MR) is 258 cm³/mol. The monoisotopic (exact) mass is 943 g/mol. The molecule has 2 fully saturated rings. The number of hydrogen-bond acceptors (Lipinski definition) is 8. The molecule has 0 aromatic heterocycles. The van der Waals surface area contributed by atoms with Gasteiger partial charge in [-0.25, -0.2) is 13.6 Å². The van der Waals surface area contributed by atoms with E-state index in [0.29, 0.717) is 59.6 Å². The zero-order valence-electron chi connectivity index (χ0n) is 40.6. The number of amides is 3. The molecule has 14 heteroatoms. The average Bonchev–Trinajstić information content (AvgIpc) is 3.72. The number of aromatic carboxylic acids is 1.